The highest BCUT2D eigenvalue weighted by Gasteiger charge is 2.07. The van der Waals surface area contributed by atoms with Gasteiger partial charge in [-0.25, -0.2) is 9.97 Å². The highest BCUT2D eigenvalue weighted by molar-refractivity contribution is 6.35. The second-order valence-corrected chi connectivity index (χ2v) is 5.38. The van der Waals surface area contributed by atoms with Crippen LogP contribution in [0.2, 0.25) is 10.0 Å². The summed E-state index contributed by atoms with van der Waals surface area (Å²) in [6.07, 6.45) is 1.74. The van der Waals surface area contributed by atoms with Gasteiger partial charge in [-0.05, 0) is 32.9 Å². The highest BCUT2D eigenvalue weighted by Crippen LogP contribution is 2.25. The molecule has 0 unspecified atom stereocenters. The van der Waals surface area contributed by atoms with Gasteiger partial charge in [0, 0.05) is 27.4 Å². The minimum Gasteiger partial charge on any atom is -0.391 e. The van der Waals surface area contributed by atoms with Crippen molar-refractivity contribution in [2.75, 3.05) is 0 Å². The van der Waals surface area contributed by atoms with Crippen LogP contribution in [-0.4, -0.2) is 15.7 Å². The molecule has 0 fully saturated rings. The number of aryl methyl sites for hydroxylation is 2. The van der Waals surface area contributed by atoms with Crippen LogP contribution in [0.15, 0.2) is 29.6 Å². The fraction of sp³-hybridized carbons (Fsp3) is 0.267. The Morgan fingerprint density at radius 3 is 2.52 bits per heavy atom. The first kappa shape index (κ1) is 15.7. The average molecular weight is 324 g/mol. The number of nitrogens with zero attached hydrogens (tertiary/aromatic N) is 3. The topological polar surface area (TPSA) is 47.4 Å². The summed E-state index contributed by atoms with van der Waals surface area (Å²) in [7, 11) is 0. The quantitative estimate of drug-likeness (QED) is 0.621. The molecule has 6 heteroatoms. The van der Waals surface area contributed by atoms with Gasteiger partial charge in [-0.2, -0.15) is 0 Å². The molecule has 0 bridgehead atoms. The Kier molecular flexibility index (Phi) is 5.15. The molecule has 1 heterocycles. The summed E-state index contributed by atoms with van der Waals surface area (Å²) in [6.45, 7) is 5.81. The Labute approximate surface area is 133 Å². The Hall–Kier alpha value is -1.65. The molecular weight excluding hydrogens is 309 g/mol. The van der Waals surface area contributed by atoms with Gasteiger partial charge in [0.25, 0.3) is 0 Å². The van der Waals surface area contributed by atoms with Crippen molar-refractivity contribution in [3.8, 4) is 0 Å². The average Bonchev–Trinajstić information content (AvgIpc) is 2.42. The number of benzene rings is 1. The largest absolute Gasteiger partial charge is 0.391 e. The third-order valence-corrected chi connectivity index (χ3v) is 3.67. The Balaban J connectivity index is 2.11. The third-order valence-electron chi connectivity index (χ3n) is 2.96. The van der Waals surface area contributed by atoms with E-state index in [0.29, 0.717) is 21.3 Å². The molecule has 0 saturated carbocycles. The fourth-order valence-electron chi connectivity index (χ4n) is 1.85. The number of hydrogen-bond acceptors (Lipinski definition) is 4. The van der Waals surface area contributed by atoms with Gasteiger partial charge in [-0.3, -0.25) is 0 Å². The summed E-state index contributed by atoms with van der Waals surface area (Å²) in [6, 6.07) is 5.32. The Morgan fingerprint density at radius 2 is 1.90 bits per heavy atom. The number of aromatic nitrogens is 2. The van der Waals surface area contributed by atoms with Crippen molar-refractivity contribution in [3.63, 3.8) is 0 Å². The van der Waals surface area contributed by atoms with Crippen molar-refractivity contribution in [2.24, 2.45) is 5.16 Å². The van der Waals surface area contributed by atoms with Gasteiger partial charge in [-0.15, -0.1) is 0 Å². The van der Waals surface area contributed by atoms with Crippen LogP contribution in [0.1, 0.15) is 29.6 Å². The number of halogens is 2. The molecule has 21 heavy (non-hydrogen) atoms. The zero-order valence-electron chi connectivity index (χ0n) is 12.0. The Bertz CT molecular complexity index is 666. The van der Waals surface area contributed by atoms with Crippen LogP contribution in [0.4, 0.5) is 0 Å². The first-order chi connectivity index (χ1) is 9.99. The molecule has 0 spiro atoms. The molecule has 0 atom stereocenters. The lowest BCUT2D eigenvalue weighted by molar-refractivity contribution is 0.130. The van der Waals surface area contributed by atoms with Gasteiger partial charge in [0.2, 0.25) is 0 Å². The zero-order chi connectivity index (χ0) is 15.4. The normalized spacial score (nSPS) is 11.6. The van der Waals surface area contributed by atoms with Gasteiger partial charge in [0.15, 0.2) is 0 Å². The van der Waals surface area contributed by atoms with Crippen LogP contribution >= 0.6 is 23.2 Å². The summed E-state index contributed by atoms with van der Waals surface area (Å²) in [5.74, 6) is 0.729. The molecule has 0 saturated heterocycles. The number of oxime groups is 1. The lowest BCUT2D eigenvalue weighted by atomic mass is 10.2. The smallest absolute Gasteiger partial charge is 0.145 e. The lowest BCUT2D eigenvalue weighted by Crippen LogP contribution is -2.04. The summed E-state index contributed by atoms with van der Waals surface area (Å²) in [5, 5.41) is 5.20. The van der Waals surface area contributed by atoms with Crippen molar-refractivity contribution >= 4 is 28.9 Å². The SMILES string of the molecule is CC(=NOCc1c(Cl)cccc1Cl)c1cnc(C)nc1C. The predicted octanol–water partition coefficient (Wildman–Crippen LogP) is 4.34. The second-order valence-electron chi connectivity index (χ2n) is 4.57. The van der Waals surface area contributed by atoms with E-state index < -0.39 is 0 Å². The van der Waals surface area contributed by atoms with Crippen molar-refractivity contribution in [3.05, 3.63) is 57.1 Å². The molecule has 0 amide bonds. The maximum Gasteiger partial charge on any atom is 0.145 e. The molecule has 0 radical (unpaired) electrons. The van der Waals surface area contributed by atoms with E-state index in [-0.39, 0.29) is 6.61 Å². The monoisotopic (exact) mass is 323 g/mol. The van der Waals surface area contributed by atoms with Gasteiger partial charge in [0.05, 0.1) is 11.4 Å². The van der Waals surface area contributed by atoms with Gasteiger partial charge >= 0.3 is 0 Å². The van der Waals surface area contributed by atoms with E-state index in [0.717, 1.165) is 17.1 Å². The molecule has 0 aliphatic rings. The van der Waals surface area contributed by atoms with Crippen molar-refractivity contribution in [1.82, 2.24) is 9.97 Å². The molecule has 4 nitrogen and oxygen atoms in total. The maximum atomic E-state index is 6.07. The van der Waals surface area contributed by atoms with E-state index in [9.17, 15) is 0 Å². The molecule has 0 aliphatic heterocycles. The third kappa shape index (κ3) is 3.93. The van der Waals surface area contributed by atoms with E-state index >= 15 is 0 Å². The standard InChI is InChI=1S/C15H15Cl2N3O/c1-9-12(7-18-11(3)19-9)10(2)20-21-8-13-14(16)5-4-6-15(13)17/h4-7H,8H2,1-3H3. The van der Waals surface area contributed by atoms with Crippen LogP contribution in [0.5, 0.6) is 0 Å². The number of hydrogen-bond donors (Lipinski definition) is 0. The second kappa shape index (κ2) is 6.87. The van der Waals surface area contributed by atoms with Crippen LogP contribution in [0.3, 0.4) is 0 Å². The van der Waals surface area contributed by atoms with E-state index in [1.165, 1.54) is 0 Å². The number of rotatable bonds is 4. The first-order valence-corrected chi connectivity index (χ1v) is 7.14. The van der Waals surface area contributed by atoms with Gasteiger partial charge in [0.1, 0.15) is 12.4 Å². The molecule has 2 rings (SSSR count). The van der Waals surface area contributed by atoms with Crippen LogP contribution in [0.25, 0.3) is 0 Å². The van der Waals surface area contributed by atoms with Crippen molar-refractivity contribution in [2.45, 2.75) is 27.4 Å². The summed E-state index contributed by atoms with van der Waals surface area (Å²) < 4.78 is 0. The van der Waals surface area contributed by atoms with Crippen LogP contribution in [-0.2, 0) is 11.4 Å². The Morgan fingerprint density at radius 1 is 1.24 bits per heavy atom. The molecule has 1 aromatic carbocycles. The predicted molar refractivity (Wildman–Crippen MR) is 85.0 cm³/mol. The van der Waals surface area contributed by atoms with Crippen molar-refractivity contribution in [1.29, 1.82) is 0 Å². The van der Waals surface area contributed by atoms with Gasteiger partial charge < -0.3 is 4.84 Å². The highest BCUT2D eigenvalue weighted by atomic mass is 35.5. The van der Waals surface area contributed by atoms with E-state index in [4.69, 9.17) is 28.0 Å². The zero-order valence-corrected chi connectivity index (χ0v) is 13.5. The van der Waals surface area contributed by atoms with E-state index in [1.807, 2.05) is 20.8 Å². The fourth-order valence-corrected chi connectivity index (χ4v) is 2.36. The molecule has 2 aromatic rings. The maximum absolute atomic E-state index is 6.07. The summed E-state index contributed by atoms with van der Waals surface area (Å²) in [4.78, 5) is 13.8. The van der Waals surface area contributed by atoms with Crippen molar-refractivity contribution < 1.29 is 4.84 Å². The molecule has 0 N–H and O–H groups in total. The molecule has 1 aromatic heterocycles. The molecule has 110 valence electrons. The summed E-state index contributed by atoms with van der Waals surface area (Å²) in [5.41, 5.74) is 3.14. The van der Waals surface area contributed by atoms with E-state index in [2.05, 4.69) is 15.1 Å². The molecular formula is C15H15Cl2N3O. The van der Waals surface area contributed by atoms with Gasteiger partial charge in [-0.1, -0.05) is 34.4 Å². The van der Waals surface area contributed by atoms with Crippen LogP contribution in [0, 0.1) is 13.8 Å². The van der Waals surface area contributed by atoms with E-state index in [1.54, 1.807) is 24.4 Å². The summed E-state index contributed by atoms with van der Waals surface area (Å²) >= 11 is 12.1. The van der Waals surface area contributed by atoms with Crippen LogP contribution < -0.4 is 0 Å². The minimum atomic E-state index is 0.210. The minimum absolute atomic E-state index is 0.210. The lowest BCUT2D eigenvalue weighted by Gasteiger charge is -2.07. The molecule has 0 aliphatic carbocycles. The first-order valence-electron chi connectivity index (χ1n) is 6.39.